The van der Waals surface area contributed by atoms with Gasteiger partial charge in [-0.05, 0) is 42.8 Å². The molecule has 0 saturated carbocycles. The van der Waals surface area contributed by atoms with Crippen molar-refractivity contribution in [2.45, 2.75) is 19.6 Å². The van der Waals surface area contributed by atoms with Crippen LogP contribution in [0.1, 0.15) is 24.2 Å². The summed E-state index contributed by atoms with van der Waals surface area (Å²) in [5.74, 6) is 1.61. The Hall–Kier alpha value is -1.56. The van der Waals surface area contributed by atoms with Gasteiger partial charge < -0.3 is 19.7 Å². The third kappa shape index (κ3) is 3.75. The molecular weight excluding hydrogens is 336 g/mol. The molecule has 2 N–H and O–H groups in total. The van der Waals surface area contributed by atoms with Crippen molar-refractivity contribution in [1.82, 2.24) is 0 Å². The monoisotopic (exact) mass is 352 g/mol. The summed E-state index contributed by atoms with van der Waals surface area (Å²) in [6.45, 7) is 1.62. The number of methoxy groups -OCH3 is 1. The third-order valence-electron chi connectivity index (χ3n) is 3.05. The van der Waals surface area contributed by atoms with Crippen LogP contribution < -0.4 is 9.47 Å². The van der Waals surface area contributed by atoms with Crippen molar-refractivity contribution in [3.05, 3.63) is 52.0 Å². The first-order valence-electron chi connectivity index (χ1n) is 6.48. The van der Waals surface area contributed by atoms with E-state index in [0.717, 1.165) is 10.0 Å². The van der Waals surface area contributed by atoms with Gasteiger partial charge in [-0.2, -0.15) is 0 Å². The molecule has 0 aliphatic carbocycles. The quantitative estimate of drug-likeness (QED) is 0.859. The minimum atomic E-state index is -0.653. The van der Waals surface area contributed by atoms with E-state index in [4.69, 9.17) is 14.6 Å². The molecule has 112 valence electrons. The van der Waals surface area contributed by atoms with Crippen molar-refractivity contribution in [3.63, 3.8) is 0 Å². The van der Waals surface area contributed by atoms with E-state index in [1.54, 1.807) is 38.3 Å². The first-order chi connectivity index (χ1) is 10.0. The van der Waals surface area contributed by atoms with Crippen molar-refractivity contribution < 1.29 is 19.7 Å². The van der Waals surface area contributed by atoms with Gasteiger partial charge in [-0.1, -0.05) is 22.0 Å². The Labute approximate surface area is 132 Å². The summed E-state index contributed by atoms with van der Waals surface area (Å²) in [4.78, 5) is 0. The molecule has 0 radical (unpaired) electrons. The summed E-state index contributed by atoms with van der Waals surface area (Å²) >= 11 is 3.38. The summed E-state index contributed by atoms with van der Waals surface area (Å²) in [6.07, 6.45) is -0.653. The van der Waals surface area contributed by atoms with Gasteiger partial charge in [0.25, 0.3) is 0 Å². The van der Waals surface area contributed by atoms with Gasteiger partial charge in [-0.3, -0.25) is 0 Å². The highest BCUT2D eigenvalue weighted by Gasteiger charge is 2.13. The van der Waals surface area contributed by atoms with E-state index in [0.29, 0.717) is 22.8 Å². The summed E-state index contributed by atoms with van der Waals surface area (Å²) in [5, 5.41) is 19.0. The highest BCUT2D eigenvalue weighted by molar-refractivity contribution is 9.10. The summed E-state index contributed by atoms with van der Waals surface area (Å²) in [7, 11) is 1.54. The first kappa shape index (κ1) is 15.8. The molecule has 4 nitrogen and oxygen atoms in total. The van der Waals surface area contributed by atoms with Crippen LogP contribution in [-0.2, 0) is 6.61 Å². The number of rotatable bonds is 5. The maximum Gasteiger partial charge on any atom is 0.169 e. The zero-order valence-corrected chi connectivity index (χ0v) is 13.4. The Kier molecular flexibility index (Phi) is 5.22. The molecule has 0 saturated heterocycles. The molecule has 0 heterocycles. The van der Waals surface area contributed by atoms with Crippen molar-refractivity contribution >= 4 is 15.9 Å². The number of aliphatic hydroxyl groups is 2. The van der Waals surface area contributed by atoms with Crippen molar-refractivity contribution in [3.8, 4) is 17.2 Å². The fourth-order valence-corrected chi connectivity index (χ4v) is 2.33. The van der Waals surface area contributed by atoms with Crippen LogP contribution >= 0.6 is 15.9 Å². The van der Waals surface area contributed by atoms with Crippen molar-refractivity contribution in [2.75, 3.05) is 7.11 Å². The Bertz CT molecular complexity index is 626. The number of hydrogen-bond acceptors (Lipinski definition) is 4. The molecule has 1 unspecified atom stereocenters. The summed E-state index contributed by atoms with van der Waals surface area (Å²) < 4.78 is 12.0. The fourth-order valence-electron chi connectivity index (χ4n) is 1.95. The molecule has 0 aromatic heterocycles. The van der Waals surface area contributed by atoms with Gasteiger partial charge in [0.2, 0.25) is 0 Å². The van der Waals surface area contributed by atoms with Gasteiger partial charge in [0.1, 0.15) is 5.75 Å². The molecule has 2 aromatic rings. The van der Waals surface area contributed by atoms with Gasteiger partial charge >= 0.3 is 0 Å². The van der Waals surface area contributed by atoms with Crippen LogP contribution in [0, 0.1) is 0 Å². The summed E-state index contributed by atoms with van der Waals surface area (Å²) in [5.41, 5.74) is 1.42. The smallest absolute Gasteiger partial charge is 0.169 e. The van der Waals surface area contributed by atoms with E-state index in [1.165, 1.54) is 0 Å². The largest absolute Gasteiger partial charge is 0.493 e. The topological polar surface area (TPSA) is 58.9 Å². The maximum absolute atomic E-state index is 9.85. The molecule has 0 aliphatic rings. The lowest BCUT2D eigenvalue weighted by atomic mass is 10.1. The SMILES string of the molecule is COc1cc(CO)ccc1Oc1ccc(Br)cc1C(C)O. The molecule has 0 bridgehead atoms. The van der Waals surface area contributed by atoms with E-state index in [2.05, 4.69) is 15.9 Å². The molecule has 0 spiro atoms. The fraction of sp³-hybridized carbons (Fsp3) is 0.250. The summed E-state index contributed by atoms with van der Waals surface area (Å²) in [6, 6.07) is 10.7. The Balaban J connectivity index is 2.38. The molecule has 5 heteroatoms. The van der Waals surface area contributed by atoms with Crippen LogP contribution in [0.3, 0.4) is 0 Å². The predicted molar refractivity (Wildman–Crippen MR) is 83.8 cm³/mol. The van der Waals surface area contributed by atoms with E-state index < -0.39 is 6.10 Å². The molecule has 2 rings (SSSR count). The van der Waals surface area contributed by atoms with Gasteiger partial charge in [0.05, 0.1) is 19.8 Å². The molecule has 0 amide bonds. The van der Waals surface area contributed by atoms with E-state index in [1.807, 2.05) is 12.1 Å². The minimum Gasteiger partial charge on any atom is -0.493 e. The Morgan fingerprint density at radius 3 is 2.43 bits per heavy atom. The molecular formula is C16H17BrO4. The second-order valence-electron chi connectivity index (χ2n) is 4.60. The molecule has 0 aliphatic heterocycles. The van der Waals surface area contributed by atoms with Gasteiger partial charge in [0.15, 0.2) is 11.5 Å². The number of halogens is 1. The van der Waals surface area contributed by atoms with E-state index in [-0.39, 0.29) is 6.61 Å². The van der Waals surface area contributed by atoms with Crippen LogP contribution in [-0.4, -0.2) is 17.3 Å². The van der Waals surface area contributed by atoms with Crippen LogP contribution in [0.15, 0.2) is 40.9 Å². The van der Waals surface area contributed by atoms with E-state index in [9.17, 15) is 5.11 Å². The lowest BCUT2D eigenvalue weighted by molar-refractivity contribution is 0.195. The van der Waals surface area contributed by atoms with Gasteiger partial charge in [0, 0.05) is 10.0 Å². The molecule has 21 heavy (non-hydrogen) atoms. The molecule has 2 aromatic carbocycles. The van der Waals surface area contributed by atoms with Crippen molar-refractivity contribution in [1.29, 1.82) is 0 Å². The zero-order chi connectivity index (χ0) is 15.4. The maximum atomic E-state index is 9.85. The number of hydrogen-bond donors (Lipinski definition) is 2. The zero-order valence-electron chi connectivity index (χ0n) is 11.8. The van der Waals surface area contributed by atoms with Gasteiger partial charge in [-0.15, -0.1) is 0 Å². The highest BCUT2D eigenvalue weighted by Crippen LogP contribution is 2.36. The van der Waals surface area contributed by atoms with E-state index >= 15 is 0 Å². The highest BCUT2D eigenvalue weighted by atomic mass is 79.9. The molecule has 0 fully saturated rings. The average Bonchev–Trinajstić information content (AvgIpc) is 2.49. The second kappa shape index (κ2) is 6.93. The van der Waals surface area contributed by atoms with Gasteiger partial charge in [-0.25, -0.2) is 0 Å². The standard InChI is InChI=1S/C16H17BrO4/c1-10(19)13-8-12(17)4-6-14(13)21-15-5-3-11(9-18)7-16(15)20-2/h3-8,10,18-19H,9H2,1-2H3. The first-order valence-corrected chi connectivity index (χ1v) is 7.27. The second-order valence-corrected chi connectivity index (χ2v) is 5.52. The number of ether oxygens (including phenoxy) is 2. The normalized spacial score (nSPS) is 12.0. The third-order valence-corrected chi connectivity index (χ3v) is 3.55. The van der Waals surface area contributed by atoms with Crippen LogP contribution in [0.25, 0.3) is 0 Å². The van der Waals surface area contributed by atoms with Crippen LogP contribution in [0.4, 0.5) is 0 Å². The predicted octanol–water partition coefficient (Wildman–Crippen LogP) is 3.80. The van der Waals surface area contributed by atoms with Crippen LogP contribution in [0.5, 0.6) is 17.2 Å². The van der Waals surface area contributed by atoms with Crippen molar-refractivity contribution in [2.24, 2.45) is 0 Å². The number of aliphatic hydroxyl groups excluding tert-OH is 2. The average molecular weight is 353 g/mol. The Morgan fingerprint density at radius 1 is 1.10 bits per heavy atom. The number of benzene rings is 2. The van der Waals surface area contributed by atoms with Crippen LogP contribution in [0.2, 0.25) is 0 Å². The lowest BCUT2D eigenvalue weighted by Crippen LogP contribution is -1.98. The minimum absolute atomic E-state index is 0.0617. The Morgan fingerprint density at radius 2 is 1.81 bits per heavy atom. The molecule has 1 atom stereocenters. The lowest BCUT2D eigenvalue weighted by Gasteiger charge is -2.16.